The lowest BCUT2D eigenvalue weighted by molar-refractivity contribution is -0.137. The molecule has 2 aromatic rings. The number of nitrogens with zero attached hydrogens (tertiary/aromatic N) is 3. The summed E-state index contributed by atoms with van der Waals surface area (Å²) in [5.74, 6) is 0. The molecule has 0 fully saturated rings. The predicted octanol–water partition coefficient (Wildman–Crippen LogP) is 4.25. The minimum atomic E-state index is -4.37. The summed E-state index contributed by atoms with van der Waals surface area (Å²) in [4.78, 5) is 7.46. The third-order valence-electron chi connectivity index (χ3n) is 2.39. The highest BCUT2D eigenvalue weighted by molar-refractivity contribution is 6.37. The molecule has 1 heterocycles. The van der Waals surface area contributed by atoms with Gasteiger partial charge in [-0.2, -0.15) is 18.3 Å². The van der Waals surface area contributed by atoms with Crippen LogP contribution in [0.5, 0.6) is 0 Å². The van der Waals surface area contributed by atoms with Crippen LogP contribution >= 0.6 is 23.2 Å². The molecule has 0 radical (unpaired) electrons. The van der Waals surface area contributed by atoms with E-state index in [1.165, 1.54) is 24.7 Å². The number of benzene rings is 1. The predicted molar refractivity (Wildman–Crippen MR) is 74.7 cm³/mol. The standard InChI is InChI=1S/C12H7Cl2F3N4/c13-10-9(11(14)19-6-18-10)5-20-21-8-3-1-7(2-4-8)12(15,16)17/h1-6,21H/b20-5+. The van der Waals surface area contributed by atoms with Crippen molar-refractivity contribution in [1.29, 1.82) is 0 Å². The van der Waals surface area contributed by atoms with Crippen molar-refractivity contribution >= 4 is 35.1 Å². The molecule has 2 rings (SSSR count). The zero-order chi connectivity index (χ0) is 15.5. The average Bonchev–Trinajstić information content (AvgIpc) is 2.42. The molecule has 0 bridgehead atoms. The van der Waals surface area contributed by atoms with E-state index in [9.17, 15) is 13.2 Å². The van der Waals surface area contributed by atoms with Gasteiger partial charge >= 0.3 is 6.18 Å². The third kappa shape index (κ3) is 4.05. The van der Waals surface area contributed by atoms with Gasteiger partial charge in [0.15, 0.2) is 0 Å². The first-order valence-corrected chi connectivity index (χ1v) is 6.26. The van der Waals surface area contributed by atoms with Gasteiger partial charge in [0.1, 0.15) is 16.6 Å². The molecule has 110 valence electrons. The van der Waals surface area contributed by atoms with Crippen molar-refractivity contribution in [1.82, 2.24) is 9.97 Å². The maximum Gasteiger partial charge on any atom is 0.416 e. The Kier molecular flexibility index (Phi) is 4.64. The first kappa shape index (κ1) is 15.5. The van der Waals surface area contributed by atoms with Crippen LogP contribution in [0.4, 0.5) is 18.9 Å². The zero-order valence-electron chi connectivity index (χ0n) is 10.2. The Hall–Kier alpha value is -1.86. The van der Waals surface area contributed by atoms with E-state index in [1.807, 2.05) is 0 Å². The summed E-state index contributed by atoms with van der Waals surface area (Å²) in [5, 5.41) is 4.06. The number of hydrogen-bond acceptors (Lipinski definition) is 4. The molecule has 9 heteroatoms. The fraction of sp³-hybridized carbons (Fsp3) is 0.0833. The highest BCUT2D eigenvalue weighted by Gasteiger charge is 2.29. The van der Waals surface area contributed by atoms with Gasteiger partial charge in [-0.3, -0.25) is 5.43 Å². The summed E-state index contributed by atoms with van der Waals surface area (Å²) in [6, 6.07) is 4.41. The number of halogens is 5. The van der Waals surface area contributed by atoms with Crippen LogP contribution in [0.1, 0.15) is 11.1 Å². The first-order chi connectivity index (χ1) is 9.88. The summed E-state index contributed by atoms with van der Waals surface area (Å²) >= 11 is 11.6. The summed E-state index contributed by atoms with van der Waals surface area (Å²) < 4.78 is 37.2. The minimum absolute atomic E-state index is 0.118. The Balaban J connectivity index is 2.08. The van der Waals surface area contributed by atoms with E-state index in [4.69, 9.17) is 23.2 Å². The van der Waals surface area contributed by atoms with E-state index in [1.54, 1.807) is 0 Å². The molecule has 0 aliphatic rings. The molecule has 0 unspecified atom stereocenters. The van der Waals surface area contributed by atoms with Gasteiger partial charge in [-0.25, -0.2) is 9.97 Å². The highest BCUT2D eigenvalue weighted by atomic mass is 35.5. The molecule has 1 aromatic carbocycles. The molecule has 0 spiro atoms. The number of hydrazone groups is 1. The van der Waals surface area contributed by atoms with Crippen molar-refractivity contribution in [2.45, 2.75) is 6.18 Å². The smallest absolute Gasteiger partial charge is 0.279 e. The van der Waals surface area contributed by atoms with E-state index in [0.29, 0.717) is 11.3 Å². The van der Waals surface area contributed by atoms with E-state index >= 15 is 0 Å². The molecule has 0 aliphatic heterocycles. The van der Waals surface area contributed by atoms with Gasteiger partial charge in [-0.15, -0.1) is 0 Å². The quantitative estimate of drug-likeness (QED) is 0.518. The van der Waals surface area contributed by atoms with Gasteiger partial charge in [0.25, 0.3) is 0 Å². The SMILES string of the molecule is FC(F)(F)c1ccc(N/N=C/c2c(Cl)ncnc2Cl)cc1. The highest BCUT2D eigenvalue weighted by Crippen LogP contribution is 2.29. The minimum Gasteiger partial charge on any atom is -0.279 e. The van der Waals surface area contributed by atoms with E-state index in [0.717, 1.165) is 12.1 Å². The van der Waals surface area contributed by atoms with Crippen molar-refractivity contribution < 1.29 is 13.2 Å². The van der Waals surface area contributed by atoms with Crippen LogP contribution in [0, 0.1) is 0 Å². The molecule has 1 N–H and O–H groups in total. The Morgan fingerprint density at radius 2 is 1.62 bits per heavy atom. The van der Waals surface area contributed by atoms with Crippen LogP contribution in [0.2, 0.25) is 10.3 Å². The van der Waals surface area contributed by atoms with E-state index < -0.39 is 11.7 Å². The fourth-order valence-electron chi connectivity index (χ4n) is 1.37. The molecule has 4 nitrogen and oxygen atoms in total. The maximum atomic E-state index is 12.4. The summed E-state index contributed by atoms with van der Waals surface area (Å²) in [6.07, 6.45) is -1.89. The molecule has 0 aliphatic carbocycles. The molecule has 0 amide bonds. The van der Waals surface area contributed by atoms with Gasteiger partial charge < -0.3 is 0 Å². The van der Waals surface area contributed by atoms with Gasteiger partial charge in [-0.05, 0) is 24.3 Å². The van der Waals surface area contributed by atoms with Crippen LogP contribution in [-0.2, 0) is 6.18 Å². The van der Waals surface area contributed by atoms with Crippen LogP contribution in [0.3, 0.4) is 0 Å². The van der Waals surface area contributed by atoms with Gasteiger partial charge in [-0.1, -0.05) is 23.2 Å². The van der Waals surface area contributed by atoms with Crippen molar-refractivity contribution in [3.8, 4) is 0 Å². The van der Waals surface area contributed by atoms with Crippen molar-refractivity contribution in [3.63, 3.8) is 0 Å². The maximum absolute atomic E-state index is 12.4. The van der Waals surface area contributed by atoms with Gasteiger partial charge in [0, 0.05) is 0 Å². The second kappa shape index (κ2) is 6.28. The average molecular weight is 335 g/mol. The molecule has 0 atom stereocenters. The van der Waals surface area contributed by atoms with E-state index in [-0.39, 0.29) is 10.3 Å². The second-order valence-electron chi connectivity index (χ2n) is 3.81. The Bertz CT molecular complexity index is 636. The zero-order valence-corrected chi connectivity index (χ0v) is 11.7. The number of nitrogens with one attached hydrogen (secondary N) is 1. The molecule has 0 saturated heterocycles. The number of alkyl halides is 3. The lowest BCUT2D eigenvalue weighted by Gasteiger charge is -2.07. The number of hydrogen-bond donors (Lipinski definition) is 1. The topological polar surface area (TPSA) is 50.2 Å². The van der Waals surface area contributed by atoms with Crippen molar-refractivity contribution in [3.05, 3.63) is 52.0 Å². The fourth-order valence-corrected chi connectivity index (χ4v) is 1.78. The monoisotopic (exact) mass is 334 g/mol. The van der Waals surface area contributed by atoms with Crippen molar-refractivity contribution in [2.75, 3.05) is 5.43 Å². The molecular weight excluding hydrogens is 328 g/mol. The van der Waals surface area contributed by atoms with Crippen molar-refractivity contribution in [2.24, 2.45) is 5.10 Å². The number of rotatable bonds is 3. The molecular formula is C12H7Cl2F3N4. The summed E-state index contributed by atoms with van der Waals surface area (Å²) in [5.41, 5.74) is 2.50. The van der Waals surface area contributed by atoms with E-state index in [2.05, 4.69) is 20.5 Å². The Labute approximate surface area is 127 Å². The van der Waals surface area contributed by atoms with Crippen LogP contribution in [0.15, 0.2) is 35.7 Å². The van der Waals surface area contributed by atoms with Gasteiger partial charge in [0.2, 0.25) is 0 Å². The number of anilines is 1. The van der Waals surface area contributed by atoms with Crippen LogP contribution in [-0.4, -0.2) is 16.2 Å². The summed E-state index contributed by atoms with van der Waals surface area (Å²) in [6.45, 7) is 0. The third-order valence-corrected chi connectivity index (χ3v) is 2.99. The first-order valence-electron chi connectivity index (χ1n) is 5.50. The molecule has 0 saturated carbocycles. The molecule has 21 heavy (non-hydrogen) atoms. The van der Waals surface area contributed by atoms with Crippen LogP contribution in [0.25, 0.3) is 0 Å². The largest absolute Gasteiger partial charge is 0.416 e. The normalized spacial score (nSPS) is 11.9. The van der Waals surface area contributed by atoms with Crippen LogP contribution < -0.4 is 5.43 Å². The Morgan fingerprint density at radius 3 is 2.14 bits per heavy atom. The Morgan fingerprint density at radius 1 is 1.05 bits per heavy atom. The molecule has 1 aromatic heterocycles. The number of aromatic nitrogens is 2. The lowest BCUT2D eigenvalue weighted by Crippen LogP contribution is -2.04. The lowest BCUT2D eigenvalue weighted by atomic mass is 10.2. The second-order valence-corrected chi connectivity index (χ2v) is 4.53. The van der Waals surface area contributed by atoms with Gasteiger partial charge in [0.05, 0.1) is 23.0 Å². The summed E-state index contributed by atoms with van der Waals surface area (Å²) in [7, 11) is 0.